The number of hydrogen-bond acceptors (Lipinski definition) is 0. The molecule has 2 heteroatoms. The van der Waals surface area contributed by atoms with Crippen LogP contribution in [0.15, 0.2) is 48.5 Å². The van der Waals surface area contributed by atoms with Crippen LogP contribution >= 0.6 is 0 Å². The molecule has 0 bridgehead atoms. The van der Waals surface area contributed by atoms with Crippen LogP contribution in [0.4, 0.5) is 0 Å². The van der Waals surface area contributed by atoms with Crippen LogP contribution in [-0.2, 0) is 10.8 Å². The third-order valence-corrected chi connectivity index (χ3v) is 10.4. The molecular formula is C33H45BSi. The van der Waals surface area contributed by atoms with Crippen molar-refractivity contribution in [2.45, 2.75) is 98.3 Å². The lowest BCUT2D eigenvalue weighted by molar-refractivity contribution is 0.590. The highest BCUT2D eigenvalue weighted by Gasteiger charge is 2.42. The highest BCUT2D eigenvalue weighted by atomic mass is 28.3. The van der Waals surface area contributed by atoms with E-state index in [1.807, 2.05) is 0 Å². The van der Waals surface area contributed by atoms with Gasteiger partial charge in [0.25, 0.3) is 0 Å². The topological polar surface area (TPSA) is 0 Å². The quantitative estimate of drug-likeness (QED) is 0.345. The number of aryl methyl sites for hydroxylation is 3. The van der Waals surface area contributed by atoms with Crippen LogP contribution in [0.25, 0.3) is 0 Å². The van der Waals surface area contributed by atoms with E-state index >= 15 is 0 Å². The molecule has 0 radical (unpaired) electrons. The molecule has 35 heavy (non-hydrogen) atoms. The maximum Gasteiger partial charge on any atom is 0.242 e. The summed E-state index contributed by atoms with van der Waals surface area (Å²) in [5.41, 5.74) is 15.5. The molecule has 0 aromatic heterocycles. The van der Waals surface area contributed by atoms with Crippen molar-refractivity contribution >= 4 is 31.2 Å². The molecule has 0 saturated carbocycles. The molecule has 0 atom stereocenters. The van der Waals surface area contributed by atoms with Crippen LogP contribution in [-0.4, -0.2) is 14.8 Å². The summed E-state index contributed by atoms with van der Waals surface area (Å²) in [6.07, 6.45) is 0. The second-order valence-electron chi connectivity index (χ2n) is 14.2. The molecule has 0 aliphatic carbocycles. The molecule has 1 aliphatic heterocycles. The van der Waals surface area contributed by atoms with Crippen molar-refractivity contribution in [3.05, 3.63) is 87.5 Å². The van der Waals surface area contributed by atoms with Crippen LogP contribution in [0.1, 0.15) is 86.0 Å². The van der Waals surface area contributed by atoms with Gasteiger partial charge in [-0.1, -0.05) is 143 Å². The molecule has 0 amide bonds. The summed E-state index contributed by atoms with van der Waals surface area (Å²) in [6, 6.07) is 19.7. The van der Waals surface area contributed by atoms with Crippen LogP contribution in [0.5, 0.6) is 0 Å². The van der Waals surface area contributed by atoms with Gasteiger partial charge >= 0.3 is 0 Å². The zero-order chi connectivity index (χ0) is 26.1. The van der Waals surface area contributed by atoms with E-state index in [1.165, 1.54) is 33.3 Å². The van der Waals surface area contributed by atoms with Crippen molar-refractivity contribution in [2.75, 3.05) is 0 Å². The molecule has 1 heterocycles. The SMILES string of the molecule is Cc1cc(C)c(B2c3cc(C(C)(C)C)ccc3C([Si](C)(C)C)c3ccc(C(C)(C)C)cc32)c(C)c1. The Morgan fingerprint density at radius 3 is 1.37 bits per heavy atom. The van der Waals surface area contributed by atoms with Crippen LogP contribution in [0.3, 0.4) is 0 Å². The predicted octanol–water partition coefficient (Wildman–Crippen LogP) is 7.05. The summed E-state index contributed by atoms with van der Waals surface area (Å²) >= 11 is 0. The zero-order valence-electron chi connectivity index (χ0n) is 24.3. The number of benzene rings is 3. The summed E-state index contributed by atoms with van der Waals surface area (Å²) in [4.78, 5) is 0. The van der Waals surface area contributed by atoms with Gasteiger partial charge in [0.15, 0.2) is 0 Å². The van der Waals surface area contributed by atoms with E-state index in [4.69, 9.17) is 0 Å². The number of fused-ring (bicyclic) bond motifs is 2. The molecule has 1 aliphatic rings. The minimum Gasteiger partial charge on any atom is -0.0688 e. The Bertz CT molecular complexity index is 1190. The fourth-order valence-corrected chi connectivity index (χ4v) is 8.73. The lowest BCUT2D eigenvalue weighted by Crippen LogP contribution is -2.61. The average Bonchev–Trinajstić information content (AvgIpc) is 2.69. The summed E-state index contributed by atoms with van der Waals surface area (Å²) in [6.45, 7) is 28.8. The first-order valence-electron chi connectivity index (χ1n) is 13.4. The molecule has 0 spiro atoms. The Morgan fingerprint density at radius 1 is 0.629 bits per heavy atom. The minimum atomic E-state index is -1.55. The van der Waals surface area contributed by atoms with Crippen molar-refractivity contribution in [1.29, 1.82) is 0 Å². The first kappa shape index (κ1) is 26.0. The first-order chi connectivity index (χ1) is 16.0. The first-order valence-corrected chi connectivity index (χ1v) is 16.9. The van der Waals surface area contributed by atoms with Crippen LogP contribution in [0.2, 0.25) is 19.6 Å². The fraction of sp³-hybridized carbons (Fsp3) is 0.455. The minimum absolute atomic E-state index is 0.124. The van der Waals surface area contributed by atoms with E-state index in [9.17, 15) is 0 Å². The van der Waals surface area contributed by atoms with E-state index in [0.717, 1.165) is 0 Å². The monoisotopic (exact) mass is 480 g/mol. The molecule has 0 N–H and O–H groups in total. The van der Waals surface area contributed by atoms with Gasteiger partial charge in [-0.3, -0.25) is 0 Å². The Hall–Kier alpha value is -2.06. The Kier molecular flexibility index (Phi) is 6.33. The Morgan fingerprint density at radius 2 is 1.03 bits per heavy atom. The van der Waals surface area contributed by atoms with E-state index in [2.05, 4.69) is 130 Å². The largest absolute Gasteiger partial charge is 0.242 e. The summed E-state index contributed by atoms with van der Waals surface area (Å²) < 4.78 is 0. The summed E-state index contributed by atoms with van der Waals surface area (Å²) in [7, 11) is -1.55. The second-order valence-corrected chi connectivity index (χ2v) is 19.5. The van der Waals surface area contributed by atoms with Crippen molar-refractivity contribution in [3.63, 3.8) is 0 Å². The van der Waals surface area contributed by atoms with E-state index in [0.29, 0.717) is 5.54 Å². The lowest BCUT2D eigenvalue weighted by atomic mass is 9.32. The molecule has 0 saturated heterocycles. The second kappa shape index (κ2) is 8.51. The molecule has 0 fully saturated rings. The fourth-order valence-electron chi connectivity index (χ4n) is 6.33. The van der Waals surface area contributed by atoms with Gasteiger partial charge in [0.2, 0.25) is 6.71 Å². The normalized spacial score (nSPS) is 14.7. The van der Waals surface area contributed by atoms with Gasteiger partial charge in [0.05, 0.1) is 8.07 Å². The molecule has 3 aromatic carbocycles. The van der Waals surface area contributed by atoms with Crippen molar-refractivity contribution in [2.24, 2.45) is 0 Å². The van der Waals surface area contributed by atoms with Gasteiger partial charge in [-0.05, 0) is 53.9 Å². The van der Waals surface area contributed by atoms with Gasteiger partial charge in [-0.25, -0.2) is 0 Å². The van der Waals surface area contributed by atoms with E-state index in [1.54, 1.807) is 22.1 Å². The standard InChI is InChI=1S/C33H45BSi/c1-21-17-22(2)30(23(3)18-21)34-28-19-24(32(4,5)6)13-15-26(28)31(35(10,11)12)27-16-14-25(20-29(27)34)33(7,8)9/h13-20,31H,1-12H3. The van der Waals surface area contributed by atoms with Crippen molar-refractivity contribution < 1.29 is 0 Å². The van der Waals surface area contributed by atoms with Crippen LogP contribution < -0.4 is 16.4 Å². The van der Waals surface area contributed by atoms with E-state index < -0.39 is 8.07 Å². The Balaban J connectivity index is 2.15. The van der Waals surface area contributed by atoms with Gasteiger partial charge < -0.3 is 0 Å². The molecule has 4 rings (SSSR count). The molecule has 184 valence electrons. The highest BCUT2D eigenvalue weighted by Crippen LogP contribution is 2.38. The van der Waals surface area contributed by atoms with Crippen molar-refractivity contribution in [1.82, 2.24) is 0 Å². The van der Waals surface area contributed by atoms with E-state index in [-0.39, 0.29) is 17.5 Å². The summed E-state index contributed by atoms with van der Waals surface area (Å²) in [5.74, 6) is 0. The van der Waals surface area contributed by atoms with Gasteiger partial charge in [0, 0.05) is 5.54 Å². The third-order valence-electron chi connectivity index (χ3n) is 8.04. The van der Waals surface area contributed by atoms with Gasteiger partial charge in [0.1, 0.15) is 0 Å². The summed E-state index contributed by atoms with van der Waals surface area (Å²) in [5, 5.41) is 0. The van der Waals surface area contributed by atoms with Crippen LogP contribution in [0, 0.1) is 20.8 Å². The van der Waals surface area contributed by atoms with Gasteiger partial charge in [-0.2, -0.15) is 0 Å². The highest BCUT2D eigenvalue weighted by molar-refractivity contribution is 6.97. The molecule has 0 unspecified atom stereocenters. The third kappa shape index (κ3) is 4.71. The molecular weight excluding hydrogens is 435 g/mol. The number of rotatable bonds is 2. The number of hydrogen-bond donors (Lipinski definition) is 0. The van der Waals surface area contributed by atoms with Crippen molar-refractivity contribution in [3.8, 4) is 0 Å². The molecule has 0 nitrogen and oxygen atoms in total. The smallest absolute Gasteiger partial charge is 0.0688 e. The maximum atomic E-state index is 2.57. The van der Waals surface area contributed by atoms with Gasteiger partial charge in [-0.15, -0.1) is 0 Å². The maximum absolute atomic E-state index is 2.57. The predicted molar refractivity (Wildman–Crippen MR) is 161 cm³/mol. The Labute approximate surface area is 216 Å². The molecule has 3 aromatic rings. The zero-order valence-corrected chi connectivity index (χ0v) is 25.3. The average molecular weight is 481 g/mol. The lowest BCUT2D eigenvalue weighted by Gasteiger charge is -2.41.